The number of hydrogen-bond donors (Lipinski definition) is 0. The third-order valence-electron chi connectivity index (χ3n) is 1.97. The highest BCUT2D eigenvalue weighted by atomic mass is 15.1. The van der Waals surface area contributed by atoms with Crippen molar-refractivity contribution in [2.45, 2.75) is 13.8 Å². The molecule has 0 saturated carbocycles. The lowest BCUT2D eigenvalue weighted by Gasteiger charge is -2.03. The van der Waals surface area contributed by atoms with Crippen LogP contribution in [0.2, 0.25) is 0 Å². The lowest BCUT2D eigenvalue weighted by Crippen LogP contribution is -1.98. The van der Waals surface area contributed by atoms with Gasteiger partial charge in [-0.25, -0.2) is 9.97 Å². The summed E-state index contributed by atoms with van der Waals surface area (Å²) < 4.78 is 1.97. The van der Waals surface area contributed by atoms with Crippen molar-refractivity contribution in [3.05, 3.63) is 42.1 Å². The number of aryl methyl sites for hydroxylation is 2. The smallest absolute Gasteiger partial charge is 0.138 e. The van der Waals surface area contributed by atoms with E-state index in [1.807, 2.05) is 36.0 Å². The van der Waals surface area contributed by atoms with Crippen LogP contribution in [0.5, 0.6) is 0 Å². The minimum absolute atomic E-state index is 0.926. The summed E-state index contributed by atoms with van der Waals surface area (Å²) in [4.78, 5) is 8.41. The van der Waals surface area contributed by atoms with E-state index in [0.717, 1.165) is 11.6 Å². The number of imidazole rings is 1. The minimum atomic E-state index is 0.926. The molecule has 3 heteroatoms. The average molecular weight is 173 g/mol. The zero-order valence-electron chi connectivity index (χ0n) is 7.73. The highest BCUT2D eigenvalue weighted by Gasteiger charge is 2.00. The van der Waals surface area contributed by atoms with Crippen molar-refractivity contribution in [3.8, 4) is 5.82 Å². The van der Waals surface area contributed by atoms with Crippen molar-refractivity contribution in [3.63, 3.8) is 0 Å². The lowest BCUT2D eigenvalue weighted by molar-refractivity contribution is 0.930. The molecule has 0 aliphatic carbocycles. The molecule has 0 radical (unpaired) electrons. The van der Waals surface area contributed by atoms with Gasteiger partial charge in [0.05, 0.1) is 0 Å². The second kappa shape index (κ2) is 3.01. The van der Waals surface area contributed by atoms with Gasteiger partial charge in [-0.15, -0.1) is 0 Å². The van der Waals surface area contributed by atoms with E-state index < -0.39 is 0 Å². The standard InChI is InChI=1S/C10H11N3/c1-8-3-4-12-10(7-8)13-6-5-11-9(13)2/h3-7H,1-2H3. The molecule has 0 aliphatic rings. The van der Waals surface area contributed by atoms with Crippen LogP contribution in [0, 0.1) is 13.8 Å². The highest BCUT2D eigenvalue weighted by molar-refractivity contribution is 5.28. The van der Waals surface area contributed by atoms with Crippen molar-refractivity contribution in [1.29, 1.82) is 0 Å². The van der Waals surface area contributed by atoms with Gasteiger partial charge in [-0.2, -0.15) is 0 Å². The van der Waals surface area contributed by atoms with Crippen molar-refractivity contribution < 1.29 is 0 Å². The van der Waals surface area contributed by atoms with E-state index in [1.54, 1.807) is 6.20 Å². The summed E-state index contributed by atoms with van der Waals surface area (Å²) in [7, 11) is 0. The maximum atomic E-state index is 4.27. The molecule has 0 fully saturated rings. The van der Waals surface area contributed by atoms with Crippen LogP contribution in [0.1, 0.15) is 11.4 Å². The van der Waals surface area contributed by atoms with E-state index in [-0.39, 0.29) is 0 Å². The average Bonchev–Trinajstić information content (AvgIpc) is 2.51. The van der Waals surface area contributed by atoms with Gasteiger partial charge in [0.2, 0.25) is 0 Å². The molecule has 2 rings (SSSR count). The number of nitrogens with zero attached hydrogens (tertiary/aromatic N) is 3. The Morgan fingerprint density at radius 3 is 2.62 bits per heavy atom. The maximum absolute atomic E-state index is 4.27. The molecule has 0 saturated heterocycles. The van der Waals surface area contributed by atoms with Crippen LogP contribution in [-0.4, -0.2) is 14.5 Å². The molecule has 0 atom stereocenters. The molecule has 66 valence electrons. The van der Waals surface area contributed by atoms with Crippen LogP contribution in [0.4, 0.5) is 0 Å². The Hall–Kier alpha value is -1.64. The van der Waals surface area contributed by atoms with E-state index >= 15 is 0 Å². The molecular weight excluding hydrogens is 162 g/mol. The zero-order chi connectivity index (χ0) is 9.26. The molecule has 13 heavy (non-hydrogen) atoms. The van der Waals surface area contributed by atoms with Gasteiger partial charge >= 0.3 is 0 Å². The van der Waals surface area contributed by atoms with Crippen LogP contribution in [-0.2, 0) is 0 Å². The van der Waals surface area contributed by atoms with Crippen LogP contribution in [0.15, 0.2) is 30.7 Å². The van der Waals surface area contributed by atoms with Gasteiger partial charge in [0.25, 0.3) is 0 Å². The molecule has 0 bridgehead atoms. The first-order valence-corrected chi connectivity index (χ1v) is 4.20. The fourth-order valence-corrected chi connectivity index (χ4v) is 1.27. The fraction of sp³-hybridized carbons (Fsp3) is 0.200. The number of hydrogen-bond acceptors (Lipinski definition) is 2. The molecule has 2 aromatic heterocycles. The summed E-state index contributed by atoms with van der Waals surface area (Å²) in [5, 5.41) is 0. The zero-order valence-corrected chi connectivity index (χ0v) is 7.73. The quantitative estimate of drug-likeness (QED) is 0.659. The number of pyridine rings is 1. The van der Waals surface area contributed by atoms with Crippen molar-refractivity contribution in [2.75, 3.05) is 0 Å². The predicted octanol–water partition coefficient (Wildman–Crippen LogP) is 1.88. The lowest BCUT2D eigenvalue weighted by atomic mass is 10.3. The Morgan fingerprint density at radius 1 is 1.15 bits per heavy atom. The summed E-state index contributed by atoms with van der Waals surface area (Å²) >= 11 is 0. The summed E-state index contributed by atoms with van der Waals surface area (Å²) in [5.41, 5.74) is 1.21. The first-order chi connectivity index (χ1) is 6.27. The van der Waals surface area contributed by atoms with Gasteiger partial charge < -0.3 is 0 Å². The van der Waals surface area contributed by atoms with Gasteiger partial charge in [-0.05, 0) is 31.5 Å². The predicted molar refractivity (Wildman–Crippen MR) is 50.8 cm³/mol. The van der Waals surface area contributed by atoms with E-state index in [1.165, 1.54) is 5.56 Å². The van der Waals surface area contributed by atoms with Gasteiger partial charge in [0, 0.05) is 18.6 Å². The normalized spacial score (nSPS) is 10.3. The van der Waals surface area contributed by atoms with Gasteiger partial charge in [-0.3, -0.25) is 4.57 Å². The molecule has 2 heterocycles. The summed E-state index contributed by atoms with van der Waals surface area (Å²) in [6.45, 7) is 4.02. The first-order valence-electron chi connectivity index (χ1n) is 4.20. The van der Waals surface area contributed by atoms with Crippen molar-refractivity contribution >= 4 is 0 Å². The molecule has 3 nitrogen and oxygen atoms in total. The van der Waals surface area contributed by atoms with E-state index in [4.69, 9.17) is 0 Å². The Kier molecular flexibility index (Phi) is 1.85. The largest absolute Gasteiger partial charge is 0.288 e. The van der Waals surface area contributed by atoms with Gasteiger partial charge in [-0.1, -0.05) is 0 Å². The molecule has 0 spiro atoms. The van der Waals surface area contributed by atoms with Gasteiger partial charge in [0.15, 0.2) is 0 Å². The molecule has 0 amide bonds. The SMILES string of the molecule is Cc1ccnc(-n2ccnc2C)c1. The van der Waals surface area contributed by atoms with Crippen LogP contribution in [0.25, 0.3) is 5.82 Å². The van der Waals surface area contributed by atoms with E-state index in [9.17, 15) is 0 Å². The molecule has 0 unspecified atom stereocenters. The Labute approximate surface area is 77.1 Å². The summed E-state index contributed by atoms with van der Waals surface area (Å²) in [5.74, 6) is 1.88. The Morgan fingerprint density at radius 2 is 2.00 bits per heavy atom. The van der Waals surface area contributed by atoms with E-state index in [2.05, 4.69) is 16.9 Å². The third-order valence-corrected chi connectivity index (χ3v) is 1.97. The number of rotatable bonds is 1. The first kappa shape index (κ1) is 7.98. The van der Waals surface area contributed by atoms with E-state index in [0.29, 0.717) is 0 Å². The second-order valence-corrected chi connectivity index (χ2v) is 3.04. The van der Waals surface area contributed by atoms with Crippen LogP contribution >= 0.6 is 0 Å². The monoisotopic (exact) mass is 173 g/mol. The van der Waals surface area contributed by atoms with Gasteiger partial charge in [0.1, 0.15) is 11.6 Å². The summed E-state index contributed by atoms with van der Waals surface area (Å²) in [6.07, 6.45) is 5.50. The molecule has 0 aliphatic heterocycles. The topological polar surface area (TPSA) is 30.7 Å². The molecular formula is C10H11N3. The van der Waals surface area contributed by atoms with Crippen LogP contribution in [0.3, 0.4) is 0 Å². The van der Waals surface area contributed by atoms with Crippen molar-refractivity contribution in [2.24, 2.45) is 0 Å². The minimum Gasteiger partial charge on any atom is -0.288 e. The maximum Gasteiger partial charge on any atom is 0.138 e. The summed E-state index contributed by atoms with van der Waals surface area (Å²) in [6, 6.07) is 4.02. The number of aromatic nitrogens is 3. The molecule has 0 aromatic carbocycles. The molecule has 2 aromatic rings. The fourth-order valence-electron chi connectivity index (χ4n) is 1.27. The highest BCUT2D eigenvalue weighted by Crippen LogP contribution is 2.08. The molecule has 0 N–H and O–H groups in total. The van der Waals surface area contributed by atoms with Crippen LogP contribution < -0.4 is 0 Å². The second-order valence-electron chi connectivity index (χ2n) is 3.04. The van der Waals surface area contributed by atoms with Crippen molar-refractivity contribution in [1.82, 2.24) is 14.5 Å². The third kappa shape index (κ3) is 1.45. The Balaban J connectivity index is 2.53. The Bertz CT molecular complexity index is 418.